The predicted octanol–water partition coefficient (Wildman–Crippen LogP) is 1.25. The second kappa shape index (κ2) is 5.65. The van der Waals surface area contributed by atoms with Gasteiger partial charge in [-0.2, -0.15) is 4.68 Å². The third-order valence-corrected chi connectivity index (χ3v) is 5.41. The highest BCUT2D eigenvalue weighted by atomic mass is 16.2. The molecule has 2 aromatic rings. The van der Waals surface area contributed by atoms with Crippen molar-refractivity contribution in [3.63, 3.8) is 0 Å². The number of aromatic nitrogens is 3. The zero-order valence-electron chi connectivity index (χ0n) is 13.9. The van der Waals surface area contributed by atoms with E-state index in [1.807, 2.05) is 6.92 Å². The van der Waals surface area contributed by atoms with Crippen molar-refractivity contribution in [1.29, 1.82) is 0 Å². The maximum absolute atomic E-state index is 13.0. The summed E-state index contributed by atoms with van der Waals surface area (Å²) in [5, 5.41) is 11.1. The number of imide groups is 1. The summed E-state index contributed by atoms with van der Waals surface area (Å²) < 4.78 is 1.06. The third kappa shape index (κ3) is 2.32. The molecule has 0 bridgehead atoms. The van der Waals surface area contributed by atoms with Crippen LogP contribution in [-0.2, 0) is 11.5 Å². The summed E-state index contributed by atoms with van der Waals surface area (Å²) >= 11 is 0. The third-order valence-electron chi connectivity index (χ3n) is 5.41. The average Bonchev–Trinajstić information content (AvgIpc) is 2.85. The largest absolute Gasteiger partial charge is 0.326 e. The number of carbonyl (C=O) groups excluding carboxylic acids is 2. The van der Waals surface area contributed by atoms with Crippen LogP contribution in [0.4, 0.5) is 4.79 Å². The van der Waals surface area contributed by atoms with E-state index in [9.17, 15) is 14.4 Å². The van der Waals surface area contributed by atoms with Crippen LogP contribution in [0.5, 0.6) is 0 Å². The molecular weight excluding hydrogens is 322 g/mol. The first kappa shape index (κ1) is 15.7. The topological polar surface area (TPSA) is 97.2 Å². The number of benzene rings is 1. The summed E-state index contributed by atoms with van der Waals surface area (Å²) in [6.07, 6.45) is 3.49. The Kier molecular flexibility index (Phi) is 3.55. The number of nitrogens with zero attached hydrogens (tertiary/aromatic N) is 4. The lowest BCUT2D eigenvalue weighted by Gasteiger charge is -2.36. The lowest BCUT2D eigenvalue weighted by molar-refractivity contribution is -0.135. The highest BCUT2D eigenvalue weighted by molar-refractivity contribution is 6.07. The molecule has 0 radical (unpaired) electrons. The Hall–Kier alpha value is -2.77. The van der Waals surface area contributed by atoms with Gasteiger partial charge in [0, 0.05) is 0 Å². The first-order chi connectivity index (χ1) is 12.0. The zero-order valence-corrected chi connectivity index (χ0v) is 13.9. The number of fused-ring (bicyclic) bond motifs is 1. The monoisotopic (exact) mass is 341 g/mol. The molecule has 4 rings (SSSR count). The Morgan fingerprint density at radius 3 is 2.84 bits per heavy atom. The molecule has 2 heterocycles. The number of nitrogens with one attached hydrogen (secondary N) is 1. The van der Waals surface area contributed by atoms with Gasteiger partial charge < -0.3 is 5.32 Å². The van der Waals surface area contributed by atoms with Crippen molar-refractivity contribution in [2.45, 2.75) is 44.8 Å². The summed E-state index contributed by atoms with van der Waals surface area (Å²) in [7, 11) is 0. The molecule has 25 heavy (non-hydrogen) atoms. The molecule has 2 fully saturated rings. The molecule has 130 valence electrons. The molecule has 0 unspecified atom stereocenters. The van der Waals surface area contributed by atoms with Gasteiger partial charge in [0.1, 0.15) is 17.7 Å². The van der Waals surface area contributed by atoms with Gasteiger partial charge in [0.05, 0.1) is 5.39 Å². The van der Waals surface area contributed by atoms with Gasteiger partial charge in [0.15, 0.2) is 0 Å². The van der Waals surface area contributed by atoms with Gasteiger partial charge in [-0.15, -0.1) is 5.10 Å². The number of rotatable bonds is 2. The van der Waals surface area contributed by atoms with Crippen molar-refractivity contribution in [2.75, 3.05) is 0 Å². The minimum Gasteiger partial charge on any atom is -0.323 e. The number of urea groups is 1. The van der Waals surface area contributed by atoms with Crippen LogP contribution in [0, 0.1) is 5.92 Å². The van der Waals surface area contributed by atoms with E-state index < -0.39 is 11.6 Å². The standard InChI is InChI=1S/C17H19N5O3/c1-11-6-4-5-9-17(11)15(24)21(16(25)18-17)10-22-14(23)12-7-2-3-8-13(12)19-20-22/h2-3,7-8,11H,4-6,9-10H2,1H3,(H,18,25)/t11-,17+/m1/s1. The fourth-order valence-electron chi connectivity index (χ4n) is 3.87. The van der Waals surface area contributed by atoms with E-state index in [0.717, 1.165) is 28.8 Å². The first-order valence-corrected chi connectivity index (χ1v) is 8.49. The minimum absolute atomic E-state index is 0.0714. The molecule has 1 saturated heterocycles. The van der Waals surface area contributed by atoms with Crippen LogP contribution < -0.4 is 10.9 Å². The van der Waals surface area contributed by atoms with Crippen molar-refractivity contribution in [2.24, 2.45) is 5.92 Å². The second-order valence-electron chi connectivity index (χ2n) is 6.83. The molecule has 3 amide bonds. The molecule has 1 aliphatic heterocycles. The Labute approximate surface area is 143 Å². The molecule has 1 saturated carbocycles. The Bertz CT molecular complexity index is 924. The van der Waals surface area contributed by atoms with Gasteiger partial charge in [0.2, 0.25) is 0 Å². The van der Waals surface area contributed by atoms with E-state index in [4.69, 9.17) is 0 Å². The molecule has 8 heteroatoms. The van der Waals surface area contributed by atoms with Crippen LogP contribution >= 0.6 is 0 Å². The molecule has 2 aliphatic rings. The predicted molar refractivity (Wildman–Crippen MR) is 89.5 cm³/mol. The smallest absolute Gasteiger partial charge is 0.323 e. The van der Waals surface area contributed by atoms with Crippen LogP contribution in [0.15, 0.2) is 29.1 Å². The van der Waals surface area contributed by atoms with Crippen molar-refractivity contribution < 1.29 is 9.59 Å². The molecule has 1 aromatic carbocycles. The van der Waals surface area contributed by atoms with Gasteiger partial charge in [-0.05, 0) is 30.9 Å². The number of hydrogen-bond donors (Lipinski definition) is 1. The van der Waals surface area contributed by atoms with Crippen LogP contribution in [0.2, 0.25) is 0 Å². The lowest BCUT2D eigenvalue weighted by atomic mass is 9.73. The zero-order chi connectivity index (χ0) is 17.6. The summed E-state index contributed by atoms with van der Waals surface area (Å²) in [6, 6.07) is 6.38. The van der Waals surface area contributed by atoms with Crippen molar-refractivity contribution in [1.82, 2.24) is 25.2 Å². The van der Waals surface area contributed by atoms with Gasteiger partial charge in [-0.3, -0.25) is 9.59 Å². The summed E-state index contributed by atoms with van der Waals surface area (Å²) in [5.41, 5.74) is -0.731. The second-order valence-corrected chi connectivity index (χ2v) is 6.83. The van der Waals surface area contributed by atoms with Crippen molar-refractivity contribution in [3.05, 3.63) is 34.6 Å². The summed E-state index contributed by atoms with van der Waals surface area (Å²) in [6.45, 7) is 1.76. The van der Waals surface area contributed by atoms with E-state index >= 15 is 0 Å². The molecule has 1 aliphatic carbocycles. The van der Waals surface area contributed by atoms with Crippen molar-refractivity contribution >= 4 is 22.8 Å². The van der Waals surface area contributed by atoms with E-state index in [0.29, 0.717) is 17.3 Å². The minimum atomic E-state index is -0.844. The average molecular weight is 341 g/mol. The molecular formula is C17H19N5O3. The number of carbonyl (C=O) groups is 2. The summed E-state index contributed by atoms with van der Waals surface area (Å²) in [4.78, 5) is 39.0. The maximum atomic E-state index is 13.0. The Morgan fingerprint density at radius 1 is 1.24 bits per heavy atom. The fraction of sp³-hybridized carbons (Fsp3) is 0.471. The van der Waals surface area contributed by atoms with Gasteiger partial charge >= 0.3 is 6.03 Å². The van der Waals surface area contributed by atoms with Crippen molar-refractivity contribution in [3.8, 4) is 0 Å². The molecule has 1 N–H and O–H groups in total. The Morgan fingerprint density at radius 2 is 2.04 bits per heavy atom. The van der Waals surface area contributed by atoms with E-state index in [-0.39, 0.29) is 24.1 Å². The molecule has 2 atom stereocenters. The van der Waals surface area contributed by atoms with Gasteiger partial charge in [0.25, 0.3) is 11.5 Å². The highest BCUT2D eigenvalue weighted by Crippen LogP contribution is 2.38. The highest BCUT2D eigenvalue weighted by Gasteiger charge is 2.55. The number of hydrogen-bond acceptors (Lipinski definition) is 5. The maximum Gasteiger partial charge on any atom is 0.326 e. The SMILES string of the molecule is C[C@@H]1CCCC[C@]12NC(=O)N(Cn1nnc3ccccc3c1=O)C2=O. The summed E-state index contributed by atoms with van der Waals surface area (Å²) in [5.74, 6) is -0.200. The van der Waals surface area contributed by atoms with Crippen LogP contribution in [0.25, 0.3) is 10.9 Å². The van der Waals surface area contributed by atoms with Gasteiger partial charge in [-0.1, -0.05) is 37.1 Å². The van der Waals surface area contributed by atoms with Crippen LogP contribution in [-0.4, -0.2) is 37.4 Å². The normalized spacial score (nSPS) is 26.4. The molecule has 1 aromatic heterocycles. The van der Waals surface area contributed by atoms with Gasteiger partial charge in [-0.25, -0.2) is 9.69 Å². The first-order valence-electron chi connectivity index (χ1n) is 8.49. The van der Waals surface area contributed by atoms with Crippen LogP contribution in [0.3, 0.4) is 0 Å². The lowest BCUT2D eigenvalue weighted by Crippen LogP contribution is -2.54. The van der Waals surface area contributed by atoms with E-state index in [1.165, 1.54) is 0 Å². The molecule has 1 spiro atoms. The van der Waals surface area contributed by atoms with E-state index in [1.54, 1.807) is 24.3 Å². The molecule has 8 nitrogen and oxygen atoms in total. The van der Waals surface area contributed by atoms with E-state index in [2.05, 4.69) is 15.6 Å². The number of amides is 3. The fourth-order valence-corrected chi connectivity index (χ4v) is 3.87. The quantitative estimate of drug-likeness (QED) is 0.829. The van der Waals surface area contributed by atoms with Crippen LogP contribution in [0.1, 0.15) is 32.6 Å². The Balaban J connectivity index is 1.67.